The van der Waals surface area contributed by atoms with E-state index in [1.165, 1.54) is 5.56 Å². The van der Waals surface area contributed by atoms with E-state index in [4.69, 9.17) is 9.73 Å². The Morgan fingerprint density at radius 3 is 2.53 bits per heavy atom. The standard InChI is InChI=1S/C24H22N4O2/c1-15(16-6-4-3-5-7-16)28-14-19-9-21-18(8-17(19)10-22(28)29)11-25-23(21)20-12-26-24(30-2)27-13-20/h3-9,12-13,15H,10-11,14H2,1-2H3/t15-/m1/s1. The molecule has 0 saturated carbocycles. The number of fused-ring (bicyclic) bond motifs is 2. The molecule has 0 saturated heterocycles. The lowest BCUT2D eigenvalue weighted by atomic mass is 9.90. The Labute approximate surface area is 175 Å². The van der Waals surface area contributed by atoms with Crippen LogP contribution in [0, 0.1) is 0 Å². The fourth-order valence-electron chi connectivity index (χ4n) is 4.24. The van der Waals surface area contributed by atoms with Crippen LogP contribution in [0.25, 0.3) is 0 Å². The van der Waals surface area contributed by atoms with E-state index < -0.39 is 0 Å². The van der Waals surface area contributed by atoms with Gasteiger partial charge in [0.05, 0.1) is 31.8 Å². The van der Waals surface area contributed by atoms with Gasteiger partial charge in [-0.2, -0.15) is 0 Å². The van der Waals surface area contributed by atoms with Crippen molar-refractivity contribution in [2.45, 2.75) is 32.5 Å². The zero-order chi connectivity index (χ0) is 20.7. The SMILES string of the molecule is COc1ncc(C2=NCc3cc4c(cc32)CN([C@H](C)c2ccccc2)C(=O)C4)cn1. The second kappa shape index (κ2) is 7.37. The molecule has 5 rings (SSSR count). The quantitative estimate of drug-likeness (QED) is 0.675. The Morgan fingerprint density at radius 2 is 1.80 bits per heavy atom. The maximum atomic E-state index is 12.9. The van der Waals surface area contributed by atoms with E-state index in [9.17, 15) is 4.79 Å². The van der Waals surface area contributed by atoms with Crippen LogP contribution in [0.4, 0.5) is 0 Å². The molecule has 3 heterocycles. The van der Waals surface area contributed by atoms with Crippen molar-refractivity contribution in [1.82, 2.24) is 14.9 Å². The van der Waals surface area contributed by atoms with Gasteiger partial charge in [-0.05, 0) is 35.2 Å². The average Bonchev–Trinajstić information content (AvgIpc) is 3.20. The molecular formula is C24H22N4O2. The van der Waals surface area contributed by atoms with Crippen LogP contribution < -0.4 is 4.74 Å². The molecule has 0 N–H and O–H groups in total. The first-order valence-corrected chi connectivity index (χ1v) is 10.0. The molecule has 2 aliphatic heterocycles. The van der Waals surface area contributed by atoms with Crippen LogP contribution in [0.5, 0.6) is 6.01 Å². The summed E-state index contributed by atoms with van der Waals surface area (Å²) in [4.78, 5) is 28.0. The molecule has 30 heavy (non-hydrogen) atoms. The monoisotopic (exact) mass is 398 g/mol. The number of hydrogen-bond donors (Lipinski definition) is 0. The van der Waals surface area contributed by atoms with Gasteiger partial charge in [-0.3, -0.25) is 9.79 Å². The highest BCUT2D eigenvalue weighted by atomic mass is 16.5. The van der Waals surface area contributed by atoms with E-state index in [-0.39, 0.29) is 11.9 Å². The molecule has 2 aliphatic rings. The summed E-state index contributed by atoms with van der Waals surface area (Å²) < 4.78 is 5.06. The lowest BCUT2D eigenvalue weighted by Crippen LogP contribution is -2.38. The van der Waals surface area contributed by atoms with Gasteiger partial charge in [0.1, 0.15) is 0 Å². The summed E-state index contributed by atoms with van der Waals surface area (Å²) in [5.41, 5.74) is 7.46. The van der Waals surface area contributed by atoms with Crippen molar-refractivity contribution in [1.29, 1.82) is 0 Å². The first kappa shape index (κ1) is 18.5. The van der Waals surface area contributed by atoms with E-state index in [1.807, 2.05) is 23.1 Å². The molecule has 0 fully saturated rings. The van der Waals surface area contributed by atoms with Gasteiger partial charge in [-0.25, -0.2) is 9.97 Å². The largest absolute Gasteiger partial charge is 0.467 e. The van der Waals surface area contributed by atoms with Gasteiger partial charge < -0.3 is 9.64 Å². The van der Waals surface area contributed by atoms with Crippen LogP contribution >= 0.6 is 0 Å². The van der Waals surface area contributed by atoms with Crippen molar-refractivity contribution in [3.05, 3.63) is 88.2 Å². The molecule has 1 aromatic heterocycles. The fraction of sp³-hybridized carbons (Fsp3) is 0.250. The predicted octanol–water partition coefficient (Wildman–Crippen LogP) is 3.48. The Morgan fingerprint density at radius 1 is 1.03 bits per heavy atom. The number of aliphatic imine (C=N–C) groups is 1. The number of aromatic nitrogens is 2. The van der Waals surface area contributed by atoms with E-state index >= 15 is 0 Å². The number of methoxy groups -OCH3 is 1. The third kappa shape index (κ3) is 3.14. The highest BCUT2D eigenvalue weighted by Crippen LogP contribution is 2.33. The number of benzene rings is 2. The highest BCUT2D eigenvalue weighted by Gasteiger charge is 2.30. The molecule has 2 aromatic carbocycles. The molecule has 0 aliphatic carbocycles. The number of carbonyl (C=O) groups is 1. The minimum atomic E-state index is 0.0308. The van der Waals surface area contributed by atoms with Gasteiger partial charge in [-0.1, -0.05) is 36.4 Å². The molecule has 0 bridgehead atoms. The summed E-state index contributed by atoms with van der Waals surface area (Å²) in [5.74, 6) is 0.168. The molecule has 1 amide bonds. The summed E-state index contributed by atoms with van der Waals surface area (Å²) in [7, 11) is 1.55. The number of carbonyl (C=O) groups excluding carboxylic acids is 1. The van der Waals surface area contributed by atoms with Gasteiger partial charge in [0.25, 0.3) is 0 Å². The number of nitrogens with zero attached hydrogens (tertiary/aromatic N) is 4. The number of rotatable bonds is 4. The van der Waals surface area contributed by atoms with Crippen LogP contribution in [0.15, 0.2) is 59.9 Å². The zero-order valence-corrected chi connectivity index (χ0v) is 17.0. The fourth-order valence-corrected chi connectivity index (χ4v) is 4.24. The van der Waals surface area contributed by atoms with Crippen molar-refractivity contribution in [3.8, 4) is 6.01 Å². The minimum Gasteiger partial charge on any atom is -0.467 e. The molecule has 150 valence electrons. The number of hydrogen-bond acceptors (Lipinski definition) is 5. The summed E-state index contributed by atoms with van der Waals surface area (Å²) in [6.07, 6.45) is 3.92. The molecule has 0 radical (unpaired) electrons. The van der Waals surface area contributed by atoms with Gasteiger partial charge >= 0.3 is 6.01 Å². The second-order valence-electron chi connectivity index (χ2n) is 7.69. The molecule has 3 aromatic rings. The molecular weight excluding hydrogens is 376 g/mol. The topological polar surface area (TPSA) is 67.7 Å². The average molecular weight is 398 g/mol. The second-order valence-corrected chi connectivity index (χ2v) is 7.69. The maximum absolute atomic E-state index is 12.9. The maximum Gasteiger partial charge on any atom is 0.316 e. The van der Waals surface area contributed by atoms with E-state index in [0.717, 1.165) is 33.5 Å². The summed E-state index contributed by atoms with van der Waals surface area (Å²) >= 11 is 0. The van der Waals surface area contributed by atoms with Crippen molar-refractivity contribution in [2.75, 3.05) is 7.11 Å². The van der Waals surface area contributed by atoms with Gasteiger partial charge in [0, 0.05) is 30.1 Å². The van der Waals surface area contributed by atoms with E-state index in [1.54, 1.807) is 19.5 Å². The number of amides is 1. The lowest BCUT2D eigenvalue weighted by molar-refractivity contribution is -0.134. The first-order chi connectivity index (χ1) is 14.6. The molecule has 0 spiro atoms. The molecule has 1 atom stereocenters. The van der Waals surface area contributed by atoms with Gasteiger partial charge in [-0.15, -0.1) is 0 Å². The third-order valence-electron chi connectivity index (χ3n) is 5.92. The smallest absolute Gasteiger partial charge is 0.316 e. The van der Waals surface area contributed by atoms with Gasteiger partial charge in [0.15, 0.2) is 0 Å². The lowest BCUT2D eigenvalue weighted by Gasteiger charge is -2.34. The van der Waals surface area contributed by atoms with E-state index in [2.05, 4.69) is 41.2 Å². The molecule has 6 heteroatoms. The van der Waals surface area contributed by atoms with Crippen molar-refractivity contribution < 1.29 is 9.53 Å². The third-order valence-corrected chi connectivity index (χ3v) is 5.92. The Bertz CT molecular complexity index is 1140. The van der Waals surface area contributed by atoms with Crippen molar-refractivity contribution in [2.24, 2.45) is 4.99 Å². The van der Waals surface area contributed by atoms with Crippen LogP contribution in [-0.2, 0) is 24.3 Å². The van der Waals surface area contributed by atoms with Crippen molar-refractivity contribution >= 4 is 11.6 Å². The normalized spacial score (nSPS) is 16.0. The summed E-state index contributed by atoms with van der Waals surface area (Å²) in [5, 5.41) is 0. The Hall–Kier alpha value is -3.54. The predicted molar refractivity (Wildman–Crippen MR) is 113 cm³/mol. The molecule has 0 unspecified atom stereocenters. The Kier molecular flexibility index (Phi) is 4.54. The van der Waals surface area contributed by atoms with Gasteiger partial charge in [0.2, 0.25) is 5.91 Å². The Balaban J connectivity index is 1.46. The summed E-state index contributed by atoms with van der Waals surface area (Å²) in [6.45, 7) is 3.30. The summed E-state index contributed by atoms with van der Waals surface area (Å²) in [6, 6.07) is 14.9. The van der Waals surface area contributed by atoms with E-state index in [0.29, 0.717) is 25.5 Å². The van der Waals surface area contributed by atoms with Crippen LogP contribution in [0.1, 0.15) is 46.3 Å². The minimum absolute atomic E-state index is 0.0308. The van der Waals surface area contributed by atoms with Crippen LogP contribution in [-0.4, -0.2) is 33.6 Å². The highest BCUT2D eigenvalue weighted by molar-refractivity contribution is 6.15. The van der Waals surface area contributed by atoms with Crippen LogP contribution in [0.2, 0.25) is 0 Å². The molecule has 6 nitrogen and oxygen atoms in total. The number of ether oxygens (including phenoxy) is 1. The first-order valence-electron chi connectivity index (χ1n) is 10.0. The zero-order valence-electron chi connectivity index (χ0n) is 17.0. The van der Waals surface area contributed by atoms with Crippen molar-refractivity contribution in [3.63, 3.8) is 0 Å². The van der Waals surface area contributed by atoms with Crippen LogP contribution in [0.3, 0.4) is 0 Å².